The van der Waals surface area contributed by atoms with E-state index in [1.807, 2.05) is 30.3 Å². The van der Waals surface area contributed by atoms with Crippen LogP contribution in [0.25, 0.3) is 11.4 Å². The minimum Gasteiger partial charge on any atom is -0.478 e. The molecule has 1 aromatic heterocycles. The highest BCUT2D eigenvalue weighted by atomic mass is 16.4. The lowest BCUT2D eigenvalue weighted by molar-refractivity contribution is -0.131. The second-order valence-electron chi connectivity index (χ2n) is 9.16. The van der Waals surface area contributed by atoms with Crippen LogP contribution in [0.4, 0.5) is 5.82 Å². The highest BCUT2D eigenvalue weighted by Gasteiger charge is 2.15. The number of rotatable bonds is 18. The summed E-state index contributed by atoms with van der Waals surface area (Å²) >= 11 is 0. The average molecular weight is 493 g/mol. The van der Waals surface area contributed by atoms with E-state index >= 15 is 0 Å². The molecule has 7 nitrogen and oxygen atoms in total. The maximum atomic E-state index is 11.6. The van der Waals surface area contributed by atoms with Crippen molar-refractivity contribution in [3.63, 3.8) is 0 Å². The van der Waals surface area contributed by atoms with E-state index in [1.54, 1.807) is 6.20 Å². The Morgan fingerprint density at radius 2 is 1.78 bits per heavy atom. The van der Waals surface area contributed by atoms with Crippen molar-refractivity contribution >= 4 is 23.8 Å². The first-order chi connectivity index (χ1) is 17.5. The summed E-state index contributed by atoms with van der Waals surface area (Å²) in [5.74, 6) is -0.0353. The monoisotopic (exact) mass is 492 g/mol. The Morgan fingerprint density at radius 1 is 1.03 bits per heavy atom. The van der Waals surface area contributed by atoms with Crippen LogP contribution in [-0.4, -0.2) is 34.6 Å². The largest absolute Gasteiger partial charge is 0.478 e. The van der Waals surface area contributed by atoms with E-state index in [2.05, 4.69) is 41.2 Å². The summed E-state index contributed by atoms with van der Waals surface area (Å²) in [5.41, 5.74) is 12.8. The number of carboxylic acids is 1. The van der Waals surface area contributed by atoms with Crippen LogP contribution in [0.1, 0.15) is 70.3 Å². The van der Waals surface area contributed by atoms with E-state index in [4.69, 9.17) is 16.8 Å². The van der Waals surface area contributed by atoms with Crippen LogP contribution in [0.2, 0.25) is 0 Å². The van der Waals surface area contributed by atoms with Crippen LogP contribution < -0.4 is 11.5 Å². The lowest BCUT2D eigenvalue weighted by Crippen LogP contribution is -2.24. The number of aliphatic imine (C=N–C) groups is 1. The van der Waals surface area contributed by atoms with E-state index in [0.717, 1.165) is 12.8 Å². The molecule has 1 heterocycles. The zero-order chi connectivity index (χ0) is 26.0. The van der Waals surface area contributed by atoms with Crippen molar-refractivity contribution in [2.75, 3.05) is 6.54 Å². The molecule has 0 fully saturated rings. The van der Waals surface area contributed by atoms with Gasteiger partial charge in [0.25, 0.3) is 0 Å². The molecule has 0 saturated heterocycles. The van der Waals surface area contributed by atoms with Gasteiger partial charge >= 0.3 is 5.97 Å². The van der Waals surface area contributed by atoms with Crippen LogP contribution >= 0.6 is 0 Å². The van der Waals surface area contributed by atoms with Crippen molar-refractivity contribution in [2.45, 2.75) is 70.8 Å². The molecule has 2 rings (SSSR count). The summed E-state index contributed by atoms with van der Waals surface area (Å²) < 4.78 is 0. The standard InChI is InChI=1S/C29H42N5O2/c1-2-3-4-5-6-8-14-24(17-16-23-12-9-7-10-13-23)18-19-26(34-27-15-11-20-32-27)25(21-28(35)36)22-33-29(30)31/h7,9-13,15-17,20-21,24,26,32H,2-6,8,14,18-19,22H2,1H3,(H,35,36)(H4,30,31,33)/q-1. The number of carbonyl (C=O) groups is 1. The SMILES string of the molecule is CCCCCCCCC(C=Cc1ccccc1)CCC([N-]c1ccc[nH]1)C(=CC(=O)O)CN=C(N)N. The third kappa shape index (κ3) is 12.3. The van der Waals surface area contributed by atoms with Crippen LogP contribution in [0.5, 0.6) is 0 Å². The Morgan fingerprint density at radius 3 is 2.44 bits per heavy atom. The minimum atomic E-state index is -1.03. The van der Waals surface area contributed by atoms with Gasteiger partial charge in [0.1, 0.15) is 0 Å². The molecule has 0 bridgehead atoms. The van der Waals surface area contributed by atoms with Gasteiger partial charge in [0.05, 0.1) is 6.54 Å². The van der Waals surface area contributed by atoms with Crippen LogP contribution in [0.3, 0.4) is 0 Å². The molecule has 2 aromatic rings. The summed E-state index contributed by atoms with van der Waals surface area (Å²) in [6, 6.07) is 13.7. The van der Waals surface area contributed by atoms with Gasteiger partial charge < -0.3 is 26.9 Å². The first-order valence-corrected chi connectivity index (χ1v) is 13.0. The van der Waals surface area contributed by atoms with E-state index in [0.29, 0.717) is 23.7 Å². The molecule has 2 atom stereocenters. The third-order valence-electron chi connectivity index (χ3n) is 6.16. The van der Waals surface area contributed by atoms with Crippen molar-refractivity contribution in [3.8, 4) is 0 Å². The maximum Gasteiger partial charge on any atom is 0.328 e. The fraction of sp³-hybridized carbons (Fsp3) is 0.448. The molecule has 0 aliphatic carbocycles. The van der Waals surface area contributed by atoms with Gasteiger partial charge in [-0.05, 0) is 42.4 Å². The van der Waals surface area contributed by atoms with Crippen LogP contribution in [0, 0.1) is 5.92 Å². The third-order valence-corrected chi connectivity index (χ3v) is 6.16. The predicted molar refractivity (Wildman–Crippen MR) is 150 cm³/mol. The number of unbranched alkanes of at least 4 members (excludes halogenated alkanes) is 5. The molecule has 0 saturated carbocycles. The highest BCUT2D eigenvalue weighted by Crippen LogP contribution is 2.30. The minimum absolute atomic E-state index is 0.0725. The van der Waals surface area contributed by atoms with Crippen molar-refractivity contribution in [2.24, 2.45) is 22.4 Å². The van der Waals surface area contributed by atoms with E-state index < -0.39 is 5.97 Å². The molecule has 0 aliphatic rings. The first-order valence-electron chi connectivity index (χ1n) is 13.0. The number of aromatic amines is 1. The normalized spacial score (nSPS) is 13.4. The summed E-state index contributed by atoms with van der Waals surface area (Å²) in [5, 5.41) is 14.3. The molecule has 36 heavy (non-hydrogen) atoms. The average Bonchev–Trinajstić information content (AvgIpc) is 3.37. The number of aromatic nitrogens is 1. The number of nitrogens with zero attached hydrogens (tertiary/aromatic N) is 2. The molecule has 6 N–H and O–H groups in total. The second kappa shape index (κ2) is 17.0. The van der Waals surface area contributed by atoms with Gasteiger partial charge in [0.2, 0.25) is 0 Å². The number of nitrogens with one attached hydrogen (secondary N) is 1. The molecule has 0 spiro atoms. The van der Waals surface area contributed by atoms with Gasteiger partial charge in [-0.2, -0.15) is 0 Å². The molecule has 1 aromatic carbocycles. The van der Waals surface area contributed by atoms with Crippen LogP contribution in [-0.2, 0) is 4.79 Å². The Bertz CT molecular complexity index is 947. The Hall–Kier alpha value is -3.48. The molecule has 196 valence electrons. The van der Waals surface area contributed by atoms with Crippen LogP contribution in [0.15, 0.2) is 71.4 Å². The van der Waals surface area contributed by atoms with Crippen molar-refractivity contribution in [1.29, 1.82) is 0 Å². The quantitative estimate of drug-likeness (QED) is 0.0814. The van der Waals surface area contributed by atoms with Gasteiger partial charge in [0, 0.05) is 6.08 Å². The van der Waals surface area contributed by atoms with Gasteiger partial charge in [0.15, 0.2) is 5.96 Å². The van der Waals surface area contributed by atoms with Gasteiger partial charge in [-0.25, -0.2) is 9.79 Å². The summed E-state index contributed by atoms with van der Waals surface area (Å²) in [6.07, 6.45) is 17.7. The molecule has 0 aliphatic heterocycles. The fourth-order valence-corrected chi connectivity index (χ4v) is 4.20. The lowest BCUT2D eigenvalue weighted by atomic mass is 9.90. The molecule has 7 heteroatoms. The van der Waals surface area contributed by atoms with Gasteiger partial charge in [-0.1, -0.05) is 112 Å². The number of carboxylic acid groups (broad SMARTS) is 1. The first kappa shape index (κ1) is 28.8. The highest BCUT2D eigenvalue weighted by molar-refractivity contribution is 5.81. The van der Waals surface area contributed by atoms with Gasteiger partial charge in [-0.3, -0.25) is 0 Å². The second-order valence-corrected chi connectivity index (χ2v) is 9.16. The van der Waals surface area contributed by atoms with Gasteiger partial charge in [-0.15, -0.1) is 0 Å². The van der Waals surface area contributed by atoms with E-state index in [9.17, 15) is 9.90 Å². The summed E-state index contributed by atoms with van der Waals surface area (Å²) in [4.78, 5) is 18.7. The molecular formula is C29H42N5O2-. The number of guanidine groups is 1. The topological polar surface area (TPSA) is 132 Å². The van der Waals surface area contributed by atoms with Crippen molar-refractivity contribution in [3.05, 3.63) is 77.3 Å². The Labute approximate surface area is 215 Å². The zero-order valence-corrected chi connectivity index (χ0v) is 21.5. The van der Waals surface area contributed by atoms with Crippen molar-refractivity contribution in [1.82, 2.24) is 4.98 Å². The number of allylic oxidation sites excluding steroid dienone is 1. The summed E-state index contributed by atoms with van der Waals surface area (Å²) in [7, 11) is 0. The van der Waals surface area contributed by atoms with E-state index in [1.165, 1.54) is 50.2 Å². The summed E-state index contributed by atoms with van der Waals surface area (Å²) in [6.45, 7) is 2.34. The number of hydrogen-bond donors (Lipinski definition) is 4. The molecule has 0 amide bonds. The number of H-pyrrole nitrogens is 1. The van der Waals surface area contributed by atoms with E-state index in [-0.39, 0.29) is 18.5 Å². The maximum absolute atomic E-state index is 11.6. The number of nitrogens with two attached hydrogens (primary N) is 2. The molecule has 0 radical (unpaired) electrons. The molecule has 2 unspecified atom stereocenters. The molecular weight excluding hydrogens is 450 g/mol. The zero-order valence-electron chi connectivity index (χ0n) is 21.5. The smallest absolute Gasteiger partial charge is 0.328 e. The predicted octanol–water partition coefficient (Wildman–Crippen LogP) is 6.53. The van der Waals surface area contributed by atoms with Crippen molar-refractivity contribution < 1.29 is 9.90 Å². The number of aliphatic carboxylic acids is 1. The Kier molecular flexibility index (Phi) is 13.6. The number of benzene rings is 1. The Balaban J connectivity index is 2.14. The lowest BCUT2D eigenvalue weighted by Gasteiger charge is -2.28. The fourth-order valence-electron chi connectivity index (χ4n) is 4.20. The number of hydrogen-bond acceptors (Lipinski definition) is 2.